The number of carboxylic acid groups (broad SMARTS) is 1. The zero-order valence-corrected chi connectivity index (χ0v) is 6.17. The highest BCUT2D eigenvalue weighted by molar-refractivity contribution is 8.02. The lowest BCUT2D eigenvalue weighted by Gasteiger charge is -2.19. The Morgan fingerprint density at radius 2 is 2.50 bits per heavy atom. The summed E-state index contributed by atoms with van der Waals surface area (Å²) in [5, 5.41) is 10.4. The Bertz CT molecular complexity index is 169. The van der Waals surface area contributed by atoms with E-state index >= 15 is 0 Å². The summed E-state index contributed by atoms with van der Waals surface area (Å²) in [6, 6.07) is -0.307. The lowest BCUT2D eigenvalue weighted by atomic mass is 10.0. The predicted octanol–water partition coefficient (Wildman–Crippen LogP) is 0.275. The van der Waals surface area contributed by atoms with Crippen LogP contribution in [0.3, 0.4) is 0 Å². The Morgan fingerprint density at radius 1 is 1.80 bits per heavy atom. The highest BCUT2D eigenvalue weighted by Crippen LogP contribution is 2.19. The number of thioether (sulfide) groups is 1. The van der Waals surface area contributed by atoms with Crippen molar-refractivity contribution in [1.29, 1.82) is 0 Å². The molecule has 1 rings (SSSR count). The summed E-state index contributed by atoms with van der Waals surface area (Å²) < 4.78 is 0. The van der Waals surface area contributed by atoms with Crippen LogP contribution in [-0.4, -0.2) is 22.9 Å². The van der Waals surface area contributed by atoms with Crippen molar-refractivity contribution in [2.75, 3.05) is 5.75 Å². The smallest absolute Gasteiger partial charge is 0.309 e. The Morgan fingerprint density at radius 3 is 2.90 bits per heavy atom. The Labute approximate surface area is 63.3 Å². The van der Waals surface area contributed by atoms with Crippen LogP contribution in [0.4, 0.5) is 0 Å². The van der Waals surface area contributed by atoms with Gasteiger partial charge in [0.2, 0.25) is 0 Å². The van der Waals surface area contributed by atoms with Gasteiger partial charge in [0.25, 0.3) is 0 Å². The van der Waals surface area contributed by atoms with Crippen LogP contribution in [0.2, 0.25) is 0 Å². The predicted molar refractivity (Wildman–Crippen MR) is 40.7 cm³/mol. The van der Waals surface area contributed by atoms with E-state index in [1.165, 1.54) is 11.8 Å². The van der Waals surface area contributed by atoms with Crippen molar-refractivity contribution in [3.05, 3.63) is 11.5 Å². The van der Waals surface area contributed by atoms with Crippen LogP contribution in [-0.2, 0) is 4.79 Å². The molecule has 1 aliphatic heterocycles. The normalized spacial score (nSPS) is 32.1. The molecule has 0 fully saturated rings. The van der Waals surface area contributed by atoms with E-state index in [-0.39, 0.29) is 6.04 Å². The molecule has 56 valence electrons. The summed E-state index contributed by atoms with van der Waals surface area (Å²) in [5.41, 5.74) is 5.50. The molecule has 0 radical (unpaired) electrons. The van der Waals surface area contributed by atoms with E-state index in [0.29, 0.717) is 5.75 Å². The van der Waals surface area contributed by atoms with Crippen molar-refractivity contribution in [1.82, 2.24) is 0 Å². The topological polar surface area (TPSA) is 63.3 Å². The van der Waals surface area contributed by atoms with Crippen LogP contribution in [0.25, 0.3) is 0 Å². The van der Waals surface area contributed by atoms with Gasteiger partial charge < -0.3 is 10.8 Å². The molecular formula is C6H9NO2S. The minimum absolute atomic E-state index is 0.307. The average Bonchev–Trinajstić information content (AvgIpc) is 1.88. The first-order chi connectivity index (χ1) is 4.72. The second-order valence-electron chi connectivity index (χ2n) is 2.18. The molecule has 0 unspecified atom stereocenters. The van der Waals surface area contributed by atoms with Crippen molar-refractivity contribution in [2.45, 2.75) is 6.04 Å². The van der Waals surface area contributed by atoms with Gasteiger partial charge in [0, 0.05) is 11.8 Å². The fourth-order valence-electron chi connectivity index (χ4n) is 0.787. The van der Waals surface area contributed by atoms with E-state index in [4.69, 9.17) is 10.8 Å². The molecule has 1 heterocycles. The van der Waals surface area contributed by atoms with Crippen LogP contribution in [0, 0.1) is 5.92 Å². The van der Waals surface area contributed by atoms with Crippen LogP contribution in [0.5, 0.6) is 0 Å². The molecule has 0 aromatic rings. The molecule has 0 saturated heterocycles. The third kappa shape index (κ3) is 1.52. The number of carbonyl (C=O) groups is 1. The second kappa shape index (κ2) is 3.07. The van der Waals surface area contributed by atoms with Crippen molar-refractivity contribution < 1.29 is 9.90 Å². The molecule has 0 aromatic heterocycles. The fraction of sp³-hybridized carbons (Fsp3) is 0.500. The molecule has 10 heavy (non-hydrogen) atoms. The summed E-state index contributed by atoms with van der Waals surface area (Å²) in [4.78, 5) is 10.4. The lowest BCUT2D eigenvalue weighted by Crippen LogP contribution is -2.36. The molecule has 0 amide bonds. The molecule has 2 atom stereocenters. The van der Waals surface area contributed by atoms with E-state index in [0.717, 1.165) is 0 Å². The third-order valence-electron chi connectivity index (χ3n) is 1.45. The summed E-state index contributed by atoms with van der Waals surface area (Å²) in [7, 11) is 0. The minimum atomic E-state index is -0.802. The van der Waals surface area contributed by atoms with Gasteiger partial charge in [-0.1, -0.05) is 6.08 Å². The van der Waals surface area contributed by atoms with Gasteiger partial charge in [-0.3, -0.25) is 4.79 Å². The molecule has 4 heteroatoms. The summed E-state index contributed by atoms with van der Waals surface area (Å²) >= 11 is 1.49. The van der Waals surface area contributed by atoms with E-state index in [1.807, 2.05) is 5.41 Å². The number of rotatable bonds is 1. The average molecular weight is 159 g/mol. The molecule has 0 aromatic carbocycles. The standard InChI is InChI=1S/C6H9NO2S/c7-5-1-2-10-3-4(5)6(8)9/h1-2,4-5H,3,7H2,(H,8,9)/t4-,5-/m1/s1. The highest BCUT2D eigenvalue weighted by Gasteiger charge is 2.24. The minimum Gasteiger partial charge on any atom is -0.481 e. The zero-order valence-electron chi connectivity index (χ0n) is 5.36. The monoisotopic (exact) mass is 159 g/mol. The van der Waals surface area contributed by atoms with Gasteiger partial charge in [0.1, 0.15) is 0 Å². The van der Waals surface area contributed by atoms with E-state index in [1.54, 1.807) is 6.08 Å². The first-order valence-corrected chi connectivity index (χ1v) is 4.03. The van der Waals surface area contributed by atoms with Gasteiger partial charge in [-0.25, -0.2) is 0 Å². The summed E-state index contributed by atoms with van der Waals surface area (Å²) in [5.74, 6) is -0.619. The van der Waals surface area contributed by atoms with Crippen molar-refractivity contribution in [2.24, 2.45) is 11.7 Å². The molecule has 1 aliphatic rings. The number of carboxylic acids is 1. The molecule has 0 bridgehead atoms. The van der Waals surface area contributed by atoms with Gasteiger partial charge in [-0.2, -0.15) is 0 Å². The number of nitrogens with two attached hydrogens (primary N) is 1. The maximum atomic E-state index is 10.4. The quantitative estimate of drug-likeness (QED) is 0.576. The van der Waals surface area contributed by atoms with E-state index in [9.17, 15) is 4.79 Å². The lowest BCUT2D eigenvalue weighted by molar-refractivity contribution is -0.141. The Balaban J connectivity index is 2.60. The molecule has 0 aliphatic carbocycles. The van der Waals surface area contributed by atoms with Gasteiger partial charge in [-0.15, -0.1) is 11.8 Å². The number of aliphatic carboxylic acids is 1. The Kier molecular flexibility index (Phi) is 2.34. The first-order valence-electron chi connectivity index (χ1n) is 2.98. The van der Waals surface area contributed by atoms with Crippen molar-refractivity contribution in [3.63, 3.8) is 0 Å². The van der Waals surface area contributed by atoms with Crippen LogP contribution < -0.4 is 5.73 Å². The zero-order chi connectivity index (χ0) is 7.56. The van der Waals surface area contributed by atoms with E-state index < -0.39 is 11.9 Å². The highest BCUT2D eigenvalue weighted by atomic mass is 32.2. The molecule has 3 N–H and O–H groups in total. The van der Waals surface area contributed by atoms with Gasteiger partial charge in [0.05, 0.1) is 5.92 Å². The Hall–Kier alpha value is -0.480. The maximum Gasteiger partial charge on any atom is 0.309 e. The molecule has 3 nitrogen and oxygen atoms in total. The molecule has 0 spiro atoms. The number of hydrogen-bond donors (Lipinski definition) is 2. The number of hydrogen-bond acceptors (Lipinski definition) is 3. The largest absolute Gasteiger partial charge is 0.481 e. The fourth-order valence-corrected chi connectivity index (χ4v) is 1.76. The molecule has 0 saturated carbocycles. The molecular weight excluding hydrogens is 150 g/mol. The SMILES string of the molecule is N[C@@H]1C=CSC[C@H]1C(=O)O. The van der Waals surface area contributed by atoms with Gasteiger partial charge in [0.15, 0.2) is 0 Å². The van der Waals surface area contributed by atoms with Crippen LogP contribution in [0.1, 0.15) is 0 Å². The van der Waals surface area contributed by atoms with Crippen LogP contribution in [0.15, 0.2) is 11.5 Å². The summed E-state index contributed by atoms with van der Waals surface area (Å²) in [6.45, 7) is 0. The second-order valence-corrected chi connectivity index (χ2v) is 3.12. The van der Waals surface area contributed by atoms with Gasteiger partial charge >= 0.3 is 5.97 Å². The first kappa shape index (κ1) is 7.63. The van der Waals surface area contributed by atoms with Crippen LogP contribution >= 0.6 is 11.8 Å². The third-order valence-corrected chi connectivity index (χ3v) is 2.36. The van der Waals surface area contributed by atoms with Gasteiger partial charge in [-0.05, 0) is 5.41 Å². The summed E-state index contributed by atoms with van der Waals surface area (Å²) in [6.07, 6.45) is 1.73. The van der Waals surface area contributed by atoms with E-state index in [2.05, 4.69) is 0 Å². The maximum absolute atomic E-state index is 10.4. The van der Waals surface area contributed by atoms with Crippen molar-refractivity contribution >= 4 is 17.7 Å². The van der Waals surface area contributed by atoms with Crippen molar-refractivity contribution in [3.8, 4) is 0 Å².